The van der Waals surface area contributed by atoms with Crippen molar-refractivity contribution in [3.8, 4) is 0 Å². The summed E-state index contributed by atoms with van der Waals surface area (Å²) < 4.78 is 74.0. The van der Waals surface area contributed by atoms with Gasteiger partial charge in [-0.15, -0.1) is 0 Å². The molecule has 0 heterocycles. The Balaban J connectivity index is 0.000000360. The average Bonchev–Trinajstić information content (AvgIpc) is 3.23. The molecule has 0 aliphatic heterocycles. The summed E-state index contributed by atoms with van der Waals surface area (Å²) in [4.78, 5) is 52.9. The van der Waals surface area contributed by atoms with E-state index >= 15 is 0 Å². The first-order valence-electron chi connectivity index (χ1n) is 17.7. The van der Waals surface area contributed by atoms with Gasteiger partial charge in [-0.2, -0.15) is 26.3 Å². The van der Waals surface area contributed by atoms with Gasteiger partial charge < -0.3 is 26.0 Å². The summed E-state index contributed by atoms with van der Waals surface area (Å²) in [5.41, 5.74) is 6.78. The Kier molecular flexibility index (Phi) is 19.2. The Morgan fingerprint density at radius 2 is 1.00 bits per heavy atom. The summed E-state index contributed by atoms with van der Waals surface area (Å²) >= 11 is 12.1. The number of hydrogen-bond donors (Lipinski definition) is 9. The first-order chi connectivity index (χ1) is 29.3. The molecule has 10 N–H and O–H groups in total. The van der Waals surface area contributed by atoms with E-state index in [0.29, 0.717) is 28.2 Å². The molecule has 0 aliphatic carbocycles. The molecule has 15 nitrogen and oxygen atoms in total. The number of hydrazine groups is 2. The third-order valence-electron chi connectivity index (χ3n) is 8.49. The highest BCUT2D eigenvalue weighted by Gasteiger charge is 2.31. The van der Waals surface area contributed by atoms with E-state index in [4.69, 9.17) is 47.3 Å². The van der Waals surface area contributed by atoms with Gasteiger partial charge in [0.1, 0.15) is 6.04 Å². The molecule has 336 valence electrons. The van der Waals surface area contributed by atoms with Gasteiger partial charge in [0.15, 0.2) is 6.04 Å². The summed E-state index contributed by atoms with van der Waals surface area (Å²) in [7, 11) is 0. The number of rotatable bonds is 10. The van der Waals surface area contributed by atoms with E-state index in [2.05, 4.69) is 31.2 Å². The van der Waals surface area contributed by atoms with Gasteiger partial charge in [-0.1, -0.05) is 35.3 Å². The van der Waals surface area contributed by atoms with E-state index < -0.39 is 71.5 Å². The Morgan fingerprint density at radius 1 is 0.635 bits per heavy atom. The SMILES string of the molecule is NNC(=O)c1ccc(C(F)(F)F)cc1.[C-]#[N+]c1ccc(N[C@@H](C(=O)NNC(=O)c2ccc(C(F)(F)F)cc2)[C@H](C)O)c(C)c1Cl.[C-]#[N+]c1ccc(N[C@@H](C(=O)O)[C@H](C)O)c(C)c1Cl. The maximum atomic E-state index is 12.6. The molecular formula is C40H38Cl2F6N8O7. The first-order valence-corrected chi connectivity index (χ1v) is 18.4. The van der Waals surface area contributed by atoms with E-state index in [9.17, 15) is 55.7 Å². The zero-order valence-corrected chi connectivity index (χ0v) is 34.7. The largest absolute Gasteiger partial charge is 0.480 e. The highest BCUT2D eigenvalue weighted by Crippen LogP contribution is 2.35. The average molecular weight is 928 g/mol. The number of nitrogens with two attached hydrogens (primary N) is 1. The van der Waals surface area contributed by atoms with Crippen LogP contribution >= 0.6 is 23.2 Å². The lowest BCUT2D eigenvalue weighted by atomic mass is 10.1. The Labute approximate surface area is 365 Å². The van der Waals surface area contributed by atoms with Crippen LogP contribution in [0.25, 0.3) is 9.69 Å². The van der Waals surface area contributed by atoms with Crippen molar-refractivity contribution in [3.05, 3.63) is 139 Å². The maximum Gasteiger partial charge on any atom is 0.416 e. The lowest BCUT2D eigenvalue weighted by Crippen LogP contribution is -2.52. The number of benzene rings is 4. The van der Waals surface area contributed by atoms with Crippen LogP contribution in [0.2, 0.25) is 10.0 Å². The fourth-order valence-corrected chi connectivity index (χ4v) is 5.34. The fourth-order valence-electron chi connectivity index (χ4n) is 4.93. The molecular weight excluding hydrogens is 889 g/mol. The van der Waals surface area contributed by atoms with Crippen LogP contribution in [-0.4, -0.2) is 63.3 Å². The molecule has 63 heavy (non-hydrogen) atoms. The highest BCUT2D eigenvalue weighted by atomic mass is 35.5. The molecule has 0 bridgehead atoms. The molecule has 4 rings (SSSR count). The van der Waals surface area contributed by atoms with Crippen LogP contribution in [0.15, 0.2) is 72.8 Å². The van der Waals surface area contributed by atoms with Crippen LogP contribution < -0.4 is 32.8 Å². The second-order valence-corrected chi connectivity index (χ2v) is 13.8. The van der Waals surface area contributed by atoms with Gasteiger partial charge in [0.2, 0.25) is 11.4 Å². The zero-order valence-electron chi connectivity index (χ0n) is 33.2. The smallest absolute Gasteiger partial charge is 0.416 e. The van der Waals surface area contributed by atoms with E-state index in [-0.39, 0.29) is 26.9 Å². The van der Waals surface area contributed by atoms with Crippen LogP contribution in [0.3, 0.4) is 0 Å². The number of aliphatic hydroxyl groups excluding tert-OH is 2. The molecule has 0 saturated heterocycles. The molecule has 3 amide bonds. The molecule has 4 aromatic carbocycles. The number of halogens is 8. The first kappa shape index (κ1) is 52.5. The number of nitrogens with zero attached hydrogens (tertiary/aromatic N) is 2. The van der Waals surface area contributed by atoms with Crippen LogP contribution in [-0.2, 0) is 21.9 Å². The number of carboxylic acids is 1. The second-order valence-electron chi connectivity index (χ2n) is 13.0. The fraction of sp³-hybridized carbons (Fsp3) is 0.250. The van der Waals surface area contributed by atoms with E-state index in [0.717, 1.165) is 48.5 Å². The Morgan fingerprint density at radius 3 is 1.32 bits per heavy atom. The number of aliphatic hydroxyl groups is 2. The van der Waals surface area contributed by atoms with Crippen molar-refractivity contribution in [2.24, 2.45) is 5.84 Å². The number of nitrogen functional groups attached to an aromatic ring is 1. The van der Waals surface area contributed by atoms with Crippen molar-refractivity contribution in [2.45, 2.75) is 64.3 Å². The van der Waals surface area contributed by atoms with Crippen molar-refractivity contribution in [1.29, 1.82) is 0 Å². The number of aliphatic carboxylic acids is 1. The minimum Gasteiger partial charge on any atom is -0.480 e. The number of anilines is 2. The van der Waals surface area contributed by atoms with Gasteiger partial charge in [0, 0.05) is 22.5 Å². The van der Waals surface area contributed by atoms with Gasteiger partial charge in [-0.25, -0.2) is 20.3 Å². The van der Waals surface area contributed by atoms with Crippen molar-refractivity contribution >= 4 is 69.6 Å². The maximum absolute atomic E-state index is 12.6. The van der Waals surface area contributed by atoms with Crippen molar-refractivity contribution in [1.82, 2.24) is 16.3 Å². The second kappa shape index (κ2) is 23.0. The van der Waals surface area contributed by atoms with Crippen LogP contribution in [0.5, 0.6) is 0 Å². The zero-order chi connectivity index (χ0) is 48.0. The van der Waals surface area contributed by atoms with Gasteiger partial charge in [-0.3, -0.25) is 30.7 Å². The monoisotopic (exact) mass is 926 g/mol. The topological polar surface area (TPSA) is 224 Å². The number of carbonyl (C=O) groups is 4. The number of nitrogens with one attached hydrogen (secondary N) is 5. The minimum absolute atomic E-state index is 0.0838. The highest BCUT2D eigenvalue weighted by molar-refractivity contribution is 6.35. The Hall–Kier alpha value is -6.62. The number of carboxylic acid groups (broad SMARTS) is 1. The van der Waals surface area contributed by atoms with Gasteiger partial charge in [0.25, 0.3) is 17.7 Å². The van der Waals surface area contributed by atoms with Crippen molar-refractivity contribution < 1.29 is 60.8 Å². The molecule has 0 saturated carbocycles. The van der Waals surface area contributed by atoms with E-state index in [1.54, 1.807) is 19.9 Å². The quantitative estimate of drug-likeness (QED) is 0.0249. The summed E-state index contributed by atoms with van der Waals surface area (Å²) in [5, 5.41) is 34.3. The molecule has 4 atom stereocenters. The Bertz CT molecular complexity index is 2350. The number of amides is 3. The van der Waals surface area contributed by atoms with E-state index in [1.165, 1.54) is 32.0 Å². The van der Waals surface area contributed by atoms with Crippen LogP contribution in [0.1, 0.15) is 56.8 Å². The molecule has 4 aromatic rings. The lowest BCUT2D eigenvalue weighted by molar-refractivity contribution is -0.140. The molecule has 0 aliphatic rings. The molecule has 0 unspecified atom stereocenters. The van der Waals surface area contributed by atoms with E-state index in [1.807, 2.05) is 5.43 Å². The number of alkyl halides is 6. The number of carbonyl (C=O) groups excluding carboxylic acids is 3. The molecule has 0 spiro atoms. The predicted molar refractivity (Wildman–Crippen MR) is 221 cm³/mol. The lowest BCUT2D eigenvalue weighted by Gasteiger charge is -2.23. The van der Waals surface area contributed by atoms with Crippen molar-refractivity contribution in [3.63, 3.8) is 0 Å². The minimum atomic E-state index is -4.53. The third kappa shape index (κ3) is 15.1. The van der Waals surface area contributed by atoms with Gasteiger partial charge >= 0.3 is 18.3 Å². The summed E-state index contributed by atoms with van der Waals surface area (Å²) in [6, 6.07) is 10.9. The summed E-state index contributed by atoms with van der Waals surface area (Å²) in [6.45, 7) is 20.0. The standard InChI is InChI=1S/C20H18ClF3N4O3.C12H13ClN2O3.C8H7F3N2O/c1-10-14(8-9-15(25-3)16(10)21)26-17(11(2)29)19(31)28-27-18(30)12-4-6-13(7-5-12)20(22,23)24;1-6-8(4-5-9(14-3)10(6)13)15-11(7(2)16)12(17)18;9-8(10,11)6-3-1-5(2-4-6)7(14)13-12/h4-9,11,17,26,29H,1-2H3,(H,27,30)(H,28,31);4-5,7,11,15-16H,1-2H3,(H,17,18);1-4H,12H2,(H,13,14)/t11-,17+;7-,11+;/m00./s1. The molecule has 0 radical (unpaired) electrons. The van der Waals surface area contributed by atoms with Gasteiger partial charge in [-0.05, 0) is 99.5 Å². The predicted octanol–water partition coefficient (Wildman–Crippen LogP) is 7.59. The molecule has 23 heteroatoms. The van der Waals surface area contributed by atoms with Gasteiger partial charge in [0.05, 0.1) is 46.5 Å². The van der Waals surface area contributed by atoms with Crippen LogP contribution in [0, 0.1) is 27.0 Å². The molecule has 0 aromatic heterocycles. The molecule has 0 fully saturated rings. The summed E-state index contributed by atoms with van der Waals surface area (Å²) in [5.74, 6) is 1.38. The van der Waals surface area contributed by atoms with Crippen molar-refractivity contribution in [2.75, 3.05) is 10.6 Å². The third-order valence-corrected chi connectivity index (χ3v) is 9.44. The summed E-state index contributed by atoms with van der Waals surface area (Å²) in [6.07, 6.45) is -11.2. The van der Waals surface area contributed by atoms with Crippen LogP contribution in [0.4, 0.5) is 49.1 Å². The normalized spacial score (nSPS) is 12.7. The number of hydrogen-bond acceptors (Lipinski definition) is 9.